The van der Waals surface area contributed by atoms with Crippen LogP contribution in [-0.2, 0) is 5.41 Å². The maximum Gasteiger partial charge on any atom is 0.106 e. The molecule has 0 saturated heterocycles. The molecule has 1 fully saturated rings. The average molecular weight is 257 g/mol. The Bertz CT molecular complexity index is 319. The zero-order chi connectivity index (χ0) is 10.2. The summed E-state index contributed by atoms with van der Waals surface area (Å²) in [6.07, 6.45) is 3.16. The standard InChI is InChI=1S/C10H13BrN2O/c11-9-2-1-7(5-13-9)10(6-12)3-8(14)4-10/h1-2,5,8,14H,3-4,6,12H2. The molecule has 0 bridgehead atoms. The van der Waals surface area contributed by atoms with Crippen LogP contribution in [0.15, 0.2) is 22.9 Å². The maximum absolute atomic E-state index is 9.35. The summed E-state index contributed by atoms with van der Waals surface area (Å²) in [7, 11) is 0. The Morgan fingerprint density at radius 1 is 1.57 bits per heavy atom. The third kappa shape index (κ3) is 1.58. The van der Waals surface area contributed by atoms with Gasteiger partial charge in [-0.1, -0.05) is 6.07 Å². The molecule has 0 unspecified atom stereocenters. The van der Waals surface area contributed by atoms with Gasteiger partial charge in [0, 0.05) is 18.2 Å². The summed E-state index contributed by atoms with van der Waals surface area (Å²) in [5, 5.41) is 9.35. The summed E-state index contributed by atoms with van der Waals surface area (Å²) in [6.45, 7) is 0.577. The van der Waals surface area contributed by atoms with E-state index in [1.54, 1.807) is 0 Å². The molecule has 0 amide bonds. The van der Waals surface area contributed by atoms with Crippen molar-refractivity contribution in [2.45, 2.75) is 24.4 Å². The number of pyridine rings is 1. The molecule has 0 radical (unpaired) electrons. The molecule has 0 aliphatic heterocycles. The van der Waals surface area contributed by atoms with Crippen molar-refractivity contribution < 1.29 is 5.11 Å². The number of aromatic nitrogens is 1. The second-order valence-corrected chi connectivity index (χ2v) is 4.73. The normalized spacial score (nSPS) is 31.2. The first kappa shape index (κ1) is 10.1. The van der Waals surface area contributed by atoms with E-state index in [0.29, 0.717) is 6.54 Å². The van der Waals surface area contributed by atoms with Crippen molar-refractivity contribution in [2.75, 3.05) is 6.54 Å². The summed E-state index contributed by atoms with van der Waals surface area (Å²) >= 11 is 3.29. The Labute approximate surface area is 91.5 Å². The average Bonchev–Trinajstić information content (AvgIpc) is 2.14. The fourth-order valence-corrected chi connectivity index (χ4v) is 2.29. The number of nitrogens with zero attached hydrogens (tertiary/aromatic N) is 1. The minimum atomic E-state index is -0.192. The number of aliphatic hydroxyl groups excluding tert-OH is 1. The van der Waals surface area contributed by atoms with Gasteiger partial charge in [-0.15, -0.1) is 0 Å². The molecule has 1 aromatic heterocycles. The molecule has 0 atom stereocenters. The lowest BCUT2D eigenvalue weighted by Crippen LogP contribution is -2.49. The van der Waals surface area contributed by atoms with Gasteiger partial charge in [0.25, 0.3) is 0 Å². The lowest BCUT2D eigenvalue weighted by atomic mass is 9.63. The Morgan fingerprint density at radius 2 is 2.29 bits per heavy atom. The highest BCUT2D eigenvalue weighted by molar-refractivity contribution is 9.10. The lowest BCUT2D eigenvalue weighted by molar-refractivity contribution is 0.0220. The molecule has 1 heterocycles. The Balaban J connectivity index is 2.25. The molecule has 0 aromatic carbocycles. The molecule has 14 heavy (non-hydrogen) atoms. The van der Waals surface area contributed by atoms with Gasteiger partial charge in [0.05, 0.1) is 6.10 Å². The minimum Gasteiger partial charge on any atom is -0.393 e. The van der Waals surface area contributed by atoms with Crippen LogP contribution in [-0.4, -0.2) is 22.7 Å². The van der Waals surface area contributed by atoms with Crippen LogP contribution in [0.25, 0.3) is 0 Å². The highest BCUT2D eigenvalue weighted by atomic mass is 79.9. The van der Waals surface area contributed by atoms with Crippen LogP contribution >= 0.6 is 15.9 Å². The molecule has 1 saturated carbocycles. The predicted molar refractivity (Wildman–Crippen MR) is 57.9 cm³/mol. The molecular formula is C10H13BrN2O. The number of nitrogens with two attached hydrogens (primary N) is 1. The van der Waals surface area contributed by atoms with E-state index >= 15 is 0 Å². The third-order valence-corrected chi connectivity index (χ3v) is 3.45. The molecule has 3 nitrogen and oxygen atoms in total. The van der Waals surface area contributed by atoms with Crippen LogP contribution in [0.5, 0.6) is 0 Å². The van der Waals surface area contributed by atoms with Crippen LogP contribution < -0.4 is 5.73 Å². The van der Waals surface area contributed by atoms with E-state index in [4.69, 9.17) is 5.73 Å². The second-order valence-electron chi connectivity index (χ2n) is 3.92. The van der Waals surface area contributed by atoms with Gasteiger partial charge in [0.15, 0.2) is 0 Å². The van der Waals surface area contributed by atoms with Crippen LogP contribution in [0.4, 0.5) is 0 Å². The highest BCUT2D eigenvalue weighted by Crippen LogP contribution is 2.42. The first-order valence-corrected chi connectivity index (χ1v) is 5.46. The summed E-state index contributed by atoms with van der Waals surface area (Å²) in [4.78, 5) is 4.18. The predicted octanol–water partition coefficient (Wildman–Crippen LogP) is 1.20. The molecule has 1 aliphatic carbocycles. The first-order valence-electron chi connectivity index (χ1n) is 4.66. The van der Waals surface area contributed by atoms with Crippen molar-refractivity contribution in [3.63, 3.8) is 0 Å². The van der Waals surface area contributed by atoms with E-state index < -0.39 is 0 Å². The largest absolute Gasteiger partial charge is 0.393 e. The zero-order valence-electron chi connectivity index (χ0n) is 7.78. The Hall–Kier alpha value is -0.450. The molecule has 0 spiro atoms. The molecule has 4 heteroatoms. The van der Waals surface area contributed by atoms with E-state index in [0.717, 1.165) is 23.0 Å². The van der Waals surface area contributed by atoms with E-state index in [2.05, 4.69) is 20.9 Å². The second kappa shape index (κ2) is 3.61. The monoisotopic (exact) mass is 256 g/mol. The van der Waals surface area contributed by atoms with Gasteiger partial charge in [-0.25, -0.2) is 4.98 Å². The van der Waals surface area contributed by atoms with Crippen molar-refractivity contribution in [3.05, 3.63) is 28.5 Å². The summed E-state index contributed by atoms with van der Waals surface area (Å²) in [5.41, 5.74) is 6.85. The van der Waals surface area contributed by atoms with Gasteiger partial charge in [-0.3, -0.25) is 0 Å². The molecule has 1 aliphatic rings. The number of hydrogen-bond acceptors (Lipinski definition) is 3. The van der Waals surface area contributed by atoms with Crippen molar-refractivity contribution in [3.8, 4) is 0 Å². The first-order chi connectivity index (χ1) is 6.66. The Kier molecular flexibility index (Phi) is 2.60. The quantitative estimate of drug-likeness (QED) is 0.782. The fraction of sp³-hybridized carbons (Fsp3) is 0.500. The number of rotatable bonds is 2. The molecule has 1 aromatic rings. The van der Waals surface area contributed by atoms with Crippen molar-refractivity contribution in [1.82, 2.24) is 4.98 Å². The Morgan fingerprint density at radius 3 is 2.71 bits per heavy atom. The number of aliphatic hydroxyl groups is 1. The summed E-state index contributed by atoms with van der Waals surface area (Å²) in [5.74, 6) is 0. The van der Waals surface area contributed by atoms with Crippen molar-refractivity contribution in [1.29, 1.82) is 0 Å². The van der Waals surface area contributed by atoms with Gasteiger partial charge in [0.2, 0.25) is 0 Å². The SMILES string of the molecule is NCC1(c2ccc(Br)nc2)CC(O)C1. The molecule has 76 valence electrons. The minimum absolute atomic E-state index is 0.0346. The van der Waals surface area contributed by atoms with E-state index in [-0.39, 0.29) is 11.5 Å². The lowest BCUT2D eigenvalue weighted by Gasteiger charge is -2.45. The summed E-state index contributed by atoms with van der Waals surface area (Å²) < 4.78 is 0.827. The topological polar surface area (TPSA) is 59.1 Å². The number of halogens is 1. The van der Waals surface area contributed by atoms with Crippen molar-refractivity contribution >= 4 is 15.9 Å². The van der Waals surface area contributed by atoms with Gasteiger partial charge < -0.3 is 10.8 Å². The van der Waals surface area contributed by atoms with E-state index in [1.165, 1.54) is 0 Å². The van der Waals surface area contributed by atoms with E-state index in [9.17, 15) is 5.11 Å². The van der Waals surface area contributed by atoms with Crippen molar-refractivity contribution in [2.24, 2.45) is 5.73 Å². The molecule has 3 N–H and O–H groups in total. The van der Waals surface area contributed by atoms with Gasteiger partial charge in [-0.2, -0.15) is 0 Å². The molecule has 2 rings (SSSR count). The number of hydrogen-bond donors (Lipinski definition) is 2. The highest BCUT2D eigenvalue weighted by Gasteiger charge is 2.43. The van der Waals surface area contributed by atoms with Gasteiger partial charge >= 0.3 is 0 Å². The summed E-state index contributed by atoms with van der Waals surface area (Å²) in [6, 6.07) is 3.94. The van der Waals surface area contributed by atoms with Crippen LogP contribution in [0.3, 0.4) is 0 Å². The van der Waals surface area contributed by atoms with Crippen LogP contribution in [0.2, 0.25) is 0 Å². The third-order valence-electron chi connectivity index (χ3n) is 2.98. The molecular weight excluding hydrogens is 244 g/mol. The van der Waals surface area contributed by atoms with E-state index in [1.807, 2.05) is 18.3 Å². The van der Waals surface area contributed by atoms with Crippen LogP contribution in [0.1, 0.15) is 18.4 Å². The zero-order valence-corrected chi connectivity index (χ0v) is 9.37. The van der Waals surface area contributed by atoms with Gasteiger partial charge in [-0.05, 0) is 40.4 Å². The van der Waals surface area contributed by atoms with Crippen LogP contribution in [0, 0.1) is 0 Å². The fourth-order valence-electron chi connectivity index (χ4n) is 2.05. The smallest absolute Gasteiger partial charge is 0.106 e. The van der Waals surface area contributed by atoms with Gasteiger partial charge in [0.1, 0.15) is 4.60 Å². The maximum atomic E-state index is 9.35.